The summed E-state index contributed by atoms with van der Waals surface area (Å²) in [5, 5.41) is 3.72. The summed E-state index contributed by atoms with van der Waals surface area (Å²) in [6.45, 7) is 7.29. The Morgan fingerprint density at radius 3 is 2.39 bits per heavy atom. The van der Waals surface area contributed by atoms with Gasteiger partial charge in [0.15, 0.2) is 16.7 Å². The molecule has 3 aromatic rings. The van der Waals surface area contributed by atoms with E-state index in [2.05, 4.69) is 10.3 Å². The number of amides is 1. The fraction of sp³-hybridized carbons (Fsp3) is 0.214. The van der Waals surface area contributed by atoms with Gasteiger partial charge in [-0.25, -0.2) is 4.99 Å². The minimum Gasteiger partial charge on any atom is -0.494 e. The maximum atomic E-state index is 12.6. The Balaban J connectivity index is 1.51. The molecule has 1 aliphatic rings. The van der Waals surface area contributed by atoms with Crippen molar-refractivity contribution in [2.45, 2.75) is 27.4 Å². The molecule has 0 atom stereocenters. The summed E-state index contributed by atoms with van der Waals surface area (Å²) in [7, 11) is 0. The van der Waals surface area contributed by atoms with Crippen LogP contribution in [0.2, 0.25) is 5.02 Å². The topological polar surface area (TPSA) is 69.2 Å². The van der Waals surface area contributed by atoms with Crippen LogP contribution in [0.15, 0.2) is 70.6 Å². The van der Waals surface area contributed by atoms with Gasteiger partial charge in [0.2, 0.25) is 0 Å². The number of carbonyl (C=O) groups is 1. The highest BCUT2D eigenvalue weighted by Crippen LogP contribution is 2.39. The Bertz CT molecular complexity index is 1290. The van der Waals surface area contributed by atoms with Crippen molar-refractivity contribution in [1.82, 2.24) is 5.32 Å². The number of aryl methyl sites for hydroxylation is 1. The van der Waals surface area contributed by atoms with Gasteiger partial charge in [-0.15, -0.1) is 0 Å². The van der Waals surface area contributed by atoms with E-state index in [1.807, 2.05) is 75.4 Å². The molecule has 0 aliphatic carbocycles. The van der Waals surface area contributed by atoms with Crippen LogP contribution in [0.3, 0.4) is 0 Å². The molecule has 0 saturated carbocycles. The predicted octanol–water partition coefficient (Wildman–Crippen LogP) is 6.92. The Morgan fingerprint density at radius 2 is 1.69 bits per heavy atom. The molecule has 6 nitrogen and oxygen atoms in total. The summed E-state index contributed by atoms with van der Waals surface area (Å²) in [5.41, 5.74) is 3.67. The Labute approximate surface area is 220 Å². The maximum Gasteiger partial charge on any atom is 0.264 e. The van der Waals surface area contributed by atoms with E-state index in [1.165, 1.54) is 17.3 Å². The van der Waals surface area contributed by atoms with Crippen molar-refractivity contribution in [3.05, 3.63) is 87.3 Å². The monoisotopic (exact) mass is 522 g/mol. The molecule has 1 saturated heterocycles. The molecule has 36 heavy (non-hydrogen) atoms. The van der Waals surface area contributed by atoms with Gasteiger partial charge in [-0.3, -0.25) is 4.79 Å². The van der Waals surface area contributed by atoms with Gasteiger partial charge in [-0.2, -0.15) is 0 Å². The molecule has 3 aromatic carbocycles. The number of halogens is 1. The van der Waals surface area contributed by atoms with Crippen LogP contribution in [0, 0.1) is 6.92 Å². The third kappa shape index (κ3) is 6.62. The number of nitrogens with one attached hydrogen (secondary N) is 1. The van der Waals surface area contributed by atoms with Gasteiger partial charge in [0.25, 0.3) is 5.91 Å². The second-order valence-corrected chi connectivity index (χ2v) is 9.38. The van der Waals surface area contributed by atoms with E-state index in [4.69, 9.17) is 25.8 Å². The van der Waals surface area contributed by atoms with Gasteiger partial charge >= 0.3 is 0 Å². The number of nitrogens with zero attached hydrogens (tertiary/aromatic N) is 1. The van der Waals surface area contributed by atoms with Gasteiger partial charge in [0, 0.05) is 0 Å². The predicted molar refractivity (Wildman–Crippen MR) is 147 cm³/mol. The summed E-state index contributed by atoms with van der Waals surface area (Å²) < 4.78 is 17.3. The molecular weight excluding hydrogens is 496 g/mol. The molecule has 1 heterocycles. The van der Waals surface area contributed by atoms with Crippen LogP contribution >= 0.6 is 23.4 Å². The minimum absolute atomic E-state index is 0.224. The molecule has 0 aromatic heterocycles. The summed E-state index contributed by atoms with van der Waals surface area (Å²) in [4.78, 5) is 17.6. The Kier molecular flexibility index (Phi) is 8.57. The van der Waals surface area contributed by atoms with Gasteiger partial charge < -0.3 is 19.5 Å². The summed E-state index contributed by atoms with van der Waals surface area (Å²) in [6, 6.07) is 19.1. The molecule has 186 valence electrons. The van der Waals surface area contributed by atoms with E-state index in [0.29, 0.717) is 46.4 Å². The van der Waals surface area contributed by atoms with E-state index in [1.54, 1.807) is 12.1 Å². The number of benzene rings is 3. The molecular formula is C28H27ClN2O4S. The number of thioether (sulfide) groups is 1. The van der Waals surface area contributed by atoms with E-state index >= 15 is 0 Å². The van der Waals surface area contributed by atoms with Crippen molar-refractivity contribution in [3.8, 4) is 17.2 Å². The van der Waals surface area contributed by atoms with E-state index in [9.17, 15) is 4.79 Å². The standard InChI is InChI=1S/C28H27ClN2O4S/c1-4-33-22-12-10-21(11-13-22)30-28-31-27(32)25(36-28)16-20-14-23(29)26(24(15-20)34-5-2)35-17-19-8-6-18(3)7-9-19/h6-16H,4-5,17H2,1-3H3,(H,30,31,32)/b25-16+. The van der Waals surface area contributed by atoms with Gasteiger partial charge in [-0.05, 0) is 86.1 Å². The molecule has 8 heteroatoms. The fourth-order valence-corrected chi connectivity index (χ4v) is 4.56. The van der Waals surface area contributed by atoms with Crippen LogP contribution in [-0.2, 0) is 11.4 Å². The highest BCUT2D eigenvalue weighted by atomic mass is 35.5. The number of hydrogen-bond donors (Lipinski definition) is 1. The van der Waals surface area contributed by atoms with Crippen LogP contribution in [0.4, 0.5) is 5.69 Å². The number of ether oxygens (including phenoxy) is 3. The number of aliphatic imine (C=N–C) groups is 1. The highest BCUT2D eigenvalue weighted by molar-refractivity contribution is 8.18. The lowest BCUT2D eigenvalue weighted by atomic mass is 10.1. The Morgan fingerprint density at radius 1 is 0.972 bits per heavy atom. The van der Waals surface area contributed by atoms with Crippen LogP contribution in [-0.4, -0.2) is 24.3 Å². The lowest BCUT2D eigenvalue weighted by Gasteiger charge is -2.15. The summed E-state index contributed by atoms with van der Waals surface area (Å²) in [5.74, 6) is 1.55. The van der Waals surface area contributed by atoms with Crippen LogP contribution < -0.4 is 19.5 Å². The molecule has 0 unspecified atom stereocenters. The summed E-state index contributed by atoms with van der Waals surface area (Å²) >= 11 is 7.84. The molecule has 0 spiro atoms. The first-order valence-corrected chi connectivity index (χ1v) is 12.8. The maximum absolute atomic E-state index is 12.6. The van der Waals surface area contributed by atoms with Gasteiger partial charge in [-0.1, -0.05) is 41.4 Å². The molecule has 1 aliphatic heterocycles. The normalized spacial score (nSPS) is 15.3. The quantitative estimate of drug-likeness (QED) is 0.309. The fourth-order valence-electron chi connectivity index (χ4n) is 3.45. The zero-order chi connectivity index (χ0) is 25.5. The molecule has 1 fully saturated rings. The number of carbonyl (C=O) groups excluding carboxylic acids is 1. The Hall–Kier alpha value is -3.42. The van der Waals surface area contributed by atoms with E-state index in [0.717, 1.165) is 22.6 Å². The van der Waals surface area contributed by atoms with E-state index in [-0.39, 0.29) is 5.91 Å². The van der Waals surface area contributed by atoms with Crippen molar-refractivity contribution in [1.29, 1.82) is 0 Å². The first-order chi connectivity index (χ1) is 17.4. The molecule has 1 amide bonds. The molecule has 1 N–H and O–H groups in total. The third-order valence-electron chi connectivity index (χ3n) is 5.16. The minimum atomic E-state index is -0.224. The number of rotatable bonds is 9. The first-order valence-electron chi connectivity index (χ1n) is 11.6. The van der Waals surface area contributed by atoms with Crippen LogP contribution in [0.25, 0.3) is 6.08 Å². The lowest BCUT2D eigenvalue weighted by molar-refractivity contribution is -0.115. The molecule has 0 radical (unpaired) electrons. The smallest absolute Gasteiger partial charge is 0.264 e. The van der Waals surface area contributed by atoms with Crippen molar-refractivity contribution < 1.29 is 19.0 Å². The van der Waals surface area contributed by atoms with Crippen molar-refractivity contribution >= 4 is 46.2 Å². The SMILES string of the molecule is CCOc1ccc(N=C2NC(=O)/C(=C\c3cc(Cl)c(OCc4ccc(C)cc4)c(OCC)c3)S2)cc1. The van der Waals surface area contributed by atoms with Crippen molar-refractivity contribution in [2.75, 3.05) is 13.2 Å². The van der Waals surface area contributed by atoms with E-state index < -0.39 is 0 Å². The van der Waals surface area contributed by atoms with Crippen molar-refractivity contribution in [3.63, 3.8) is 0 Å². The summed E-state index contributed by atoms with van der Waals surface area (Å²) in [6.07, 6.45) is 1.76. The second-order valence-electron chi connectivity index (χ2n) is 7.95. The molecule has 4 rings (SSSR count). The first kappa shape index (κ1) is 25.7. The second kappa shape index (κ2) is 12.0. The van der Waals surface area contributed by atoms with Crippen LogP contribution in [0.1, 0.15) is 30.5 Å². The largest absolute Gasteiger partial charge is 0.494 e. The lowest BCUT2D eigenvalue weighted by Crippen LogP contribution is -2.19. The molecule has 0 bridgehead atoms. The zero-order valence-electron chi connectivity index (χ0n) is 20.3. The van der Waals surface area contributed by atoms with Gasteiger partial charge in [0.1, 0.15) is 12.4 Å². The number of hydrogen-bond acceptors (Lipinski definition) is 6. The number of amidine groups is 1. The average molecular weight is 523 g/mol. The van der Waals surface area contributed by atoms with Crippen molar-refractivity contribution in [2.24, 2.45) is 4.99 Å². The van der Waals surface area contributed by atoms with Crippen LogP contribution in [0.5, 0.6) is 17.2 Å². The zero-order valence-corrected chi connectivity index (χ0v) is 21.9. The highest BCUT2D eigenvalue weighted by Gasteiger charge is 2.24. The average Bonchev–Trinajstić information content (AvgIpc) is 3.19. The third-order valence-corrected chi connectivity index (χ3v) is 6.35. The van der Waals surface area contributed by atoms with Gasteiger partial charge in [0.05, 0.1) is 28.8 Å².